The Morgan fingerprint density at radius 1 is 0.465 bits per heavy atom. The zero-order valence-corrected chi connectivity index (χ0v) is 26.6. The molecular weight excluding hydrogens is 550 g/mol. The summed E-state index contributed by atoms with van der Waals surface area (Å²) in [6.45, 7) is 0. The minimum atomic E-state index is 0.413. The zero-order valence-electron chi connectivity index (χ0n) is 25.9. The van der Waals surface area contributed by atoms with Crippen LogP contribution >= 0.6 is 11.6 Å². The summed E-state index contributed by atoms with van der Waals surface area (Å²) in [7, 11) is 0. The molecule has 3 aromatic rings. The van der Waals surface area contributed by atoms with E-state index in [1.165, 1.54) is 116 Å². The highest BCUT2D eigenvalue weighted by atomic mass is 35.5. The molecule has 0 radical (unpaired) electrons. The first-order valence-electron chi connectivity index (χ1n) is 17.7. The first-order chi connectivity index (χ1) is 21.2. The van der Waals surface area contributed by atoms with Crippen LogP contribution in [0.4, 0.5) is 0 Å². The molecule has 4 aliphatic carbocycles. The molecule has 2 aromatic heterocycles. The minimum Gasteiger partial charge on any atom is -0.247 e. The highest BCUT2D eigenvalue weighted by Crippen LogP contribution is 2.42. The van der Waals surface area contributed by atoms with Crippen molar-refractivity contribution in [3.63, 3.8) is 0 Å². The van der Waals surface area contributed by atoms with Crippen LogP contribution in [0, 0.1) is 0 Å². The Bertz CT molecular complexity index is 1350. The van der Waals surface area contributed by atoms with Crippen molar-refractivity contribution in [1.82, 2.24) is 24.9 Å². The van der Waals surface area contributed by atoms with Crippen molar-refractivity contribution in [2.75, 3.05) is 0 Å². The average Bonchev–Trinajstić information content (AvgIpc) is 3.09. The van der Waals surface area contributed by atoms with Gasteiger partial charge in [0.25, 0.3) is 0 Å². The molecule has 0 saturated heterocycles. The minimum absolute atomic E-state index is 0.413. The number of benzene rings is 1. The zero-order chi connectivity index (χ0) is 29.0. The molecule has 43 heavy (non-hydrogen) atoms. The van der Waals surface area contributed by atoms with E-state index >= 15 is 0 Å². The lowest BCUT2D eigenvalue weighted by molar-refractivity contribution is 0.409. The van der Waals surface area contributed by atoms with E-state index in [4.69, 9.17) is 36.5 Å². The third-order valence-electron chi connectivity index (χ3n) is 10.9. The van der Waals surface area contributed by atoms with E-state index < -0.39 is 0 Å². The van der Waals surface area contributed by atoms with Crippen molar-refractivity contribution in [3.8, 4) is 22.6 Å². The quantitative estimate of drug-likeness (QED) is 0.283. The molecule has 0 atom stereocenters. The lowest BCUT2D eigenvalue weighted by Gasteiger charge is -2.26. The smallest absolute Gasteiger partial charge is 0.163 e. The largest absolute Gasteiger partial charge is 0.247 e. The molecule has 4 fully saturated rings. The molecular formula is C37H48ClN5. The van der Waals surface area contributed by atoms with Gasteiger partial charge < -0.3 is 0 Å². The van der Waals surface area contributed by atoms with Crippen LogP contribution in [-0.2, 0) is 0 Å². The van der Waals surface area contributed by atoms with Gasteiger partial charge in [0.15, 0.2) is 11.0 Å². The molecule has 0 aliphatic heterocycles. The number of nitrogens with zero attached hydrogens (tertiary/aromatic N) is 5. The predicted octanol–water partition coefficient (Wildman–Crippen LogP) is 10.8. The Morgan fingerprint density at radius 3 is 1.47 bits per heavy atom. The molecule has 5 nitrogen and oxygen atoms in total. The van der Waals surface area contributed by atoms with E-state index in [1.807, 2.05) is 0 Å². The third-order valence-corrected chi connectivity index (χ3v) is 11.2. The van der Waals surface area contributed by atoms with Gasteiger partial charge in [-0.05, 0) is 57.4 Å². The maximum absolute atomic E-state index is 6.95. The maximum atomic E-state index is 6.95. The van der Waals surface area contributed by atoms with Crippen molar-refractivity contribution in [2.45, 2.75) is 152 Å². The van der Waals surface area contributed by atoms with Crippen LogP contribution in [-0.4, -0.2) is 24.9 Å². The van der Waals surface area contributed by atoms with Gasteiger partial charge in [-0.25, -0.2) is 24.9 Å². The summed E-state index contributed by atoms with van der Waals surface area (Å²) in [4.78, 5) is 26.1. The van der Waals surface area contributed by atoms with Gasteiger partial charge in [-0.1, -0.05) is 107 Å². The third kappa shape index (κ3) is 6.67. The molecule has 2 heterocycles. The number of aromatic nitrogens is 5. The van der Waals surface area contributed by atoms with Gasteiger partial charge in [-0.15, -0.1) is 0 Å². The van der Waals surface area contributed by atoms with E-state index in [0.717, 1.165) is 58.5 Å². The molecule has 6 heteroatoms. The van der Waals surface area contributed by atoms with Crippen LogP contribution in [0.15, 0.2) is 24.3 Å². The summed E-state index contributed by atoms with van der Waals surface area (Å²) in [5, 5.41) is 0.638. The van der Waals surface area contributed by atoms with Crippen LogP contribution in [0.2, 0.25) is 5.15 Å². The van der Waals surface area contributed by atoms with E-state index in [2.05, 4.69) is 24.3 Å². The predicted molar refractivity (Wildman–Crippen MR) is 175 cm³/mol. The van der Waals surface area contributed by atoms with Gasteiger partial charge in [0.1, 0.15) is 11.6 Å². The van der Waals surface area contributed by atoms with Gasteiger partial charge in [-0.3, -0.25) is 0 Å². The fourth-order valence-electron chi connectivity index (χ4n) is 8.38. The molecule has 0 unspecified atom stereocenters. The molecule has 4 aliphatic rings. The van der Waals surface area contributed by atoms with E-state index in [0.29, 0.717) is 28.8 Å². The van der Waals surface area contributed by atoms with E-state index in [9.17, 15) is 0 Å². The summed E-state index contributed by atoms with van der Waals surface area (Å²) in [5.74, 6) is 4.65. The molecule has 0 amide bonds. The Hall–Kier alpha value is -2.40. The second-order valence-electron chi connectivity index (χ2n) is 13.9. The number of hydrogen-bond donors (Lipinski definition) is 0. The lowest BCUT2D eigenvalue weighted by Crippen LogP contribution is -2.16. The van der Waals surface area contributed by atoms with Gasteiger partial charge in [-0.2, -0.15) is 0 Å². The Balaban J connectivity index is 1.30. The first-order valence-corrected chi connectivity index (χ1v) is 18.0. The topological polar surface area (TPSA) is 64.5 Å². The maximum Gasteiger partial charge on any atom is 0.163 e. The van der Waals surface area contributed by atoms with Crippen molar-refractivity contribution in [1.29, 1.82) is 0 Å². The summed E-state index contributed by atoms with van der Waals surface area (Å²) >= 11 is 6.95. The van der Waals surface area contributed by atoms with Gasteiger partial charge in [0.05, 0.1) is 17.1 Å². The molecule has 0 N–H and O–H groups in total. The van der Waals surface area contributed by atoms with Crippen molar-refractivity contribution in [2.24, 2.45) is 0 Å². The first kappa shape index (κ1) is 29.3. The highest BCUT2D eigenvalue weighted by Gasteiger charge is 2.28. The fourth-order valence-corrected chi connectivity index (χ4v) is 8.67. The van der Waals surface area contributed by atoms with Gasteiger partial charge in [0, 0.05) is 34.8 Å². The number of rotatable bonds is 6. The lowest BCUT2D eigenvalue weighted by atomic mass is 9.84. The number of hydrogen-bond acceptors (Lipinski definition) is 5. The van der Waals surface area contributed by atoms with Crippen LogP contribution < -0.4 is 0 Å². The Morgan fingerprint density at radius 2 is 0.930 bits per heavy atom. The number of halogens is 1. The standard InChI is InChI=1S/C37H48ClN5/c38-34-33(26-16-7-2-8-17-26)39-32(31(40-34)25-14-5-1-6-15-25)29-22-13-23-30(24-29)37-42-35(27-18-9-3-10-19-27)41-36(43-37)28-20-11-4-12-21-28/h13,22-28H,1-12,14-21H2. The normalized spacial score (nSPS) is 21.7. The fraction of sp³-hybridized carbons (Fsp3) is 0.649. The molecule has 228 valence electrons. The molecule has 4 saturated carbocycles. The molecule has 7 rings (SSSR count). The van der Waals surface area contributed by atoms with Gasteiger partial charge >= 0.3 is 0 Å². The summed E-state index contributed by atoms with van der Waals surface area (Å²) in [6.07, 6.45) is 24.9. The van der Waals surface area contributed by atoms with Crippen LogP contribution in [0.1, 0.15) is 175 Å². The summed E-state index contributed by atoms with van der Waals surface area (Å²) in [6, 6.07) is 8.83. The average molecular weight is 598 g/mol. The second kappa shape index (κ2) is 13.7. The molecule has 1 aromatic carbocycles. The van der Waals surface area contributed by atoms with Gasteiger partial charge in [0.2, 0.25) is 0 Å². The van der Waals surface area contributed by atoms with Crippen molar-refractivity contribution >= 4 is 11.6 Å². The second-order valence-corrected chi connectivity index (χ2v) is 14.3. The van der Waals surface area contributed by atoms with Crippen LogP contribution in [0.5, 0.6) is 0 Å². The van der Waals surface area contributed by atoms with Crippen molar-refractivity contribution < 1.29 is 0 Å². The SMILES string of the molecule is Clc1nc(C2CCCCC2)c(-c2cccc(-c3nc(C4CCCCC4)nc(C4CCCCC4)n3)c2)nc1C1CCCCC1. The Labute approximate surface area is 263 Å². The summed E-state index contributed by atoms with van der Waals surface area (Å²) < 4.78 is 0. The van der Waals surface area contributed by atoms with Crippen molar-refractivity contribution in [3.05, 3.63) is 52.5 Å². The summed E-state index contributed by atoms with van der Waals surface area (Å²) in [5.41, 5.74) is 5.34. The Kier molecular flexibility index (Phi) is 9.35. The highest BCUT2D eigenvalue weighted by molar-refractivity contribution is 6.30. The molecule has 0 bridgehead atoms. The monoisotopic (exact) mass is 597 g/mol. The van der Waals surface area contributed by atoms with Crippen LogP contribution in [0.3, 0.4) is 0 Å². The van der Waals surface area contributed by atoms with E-state index in [1.54, 1.807) is 0 Å². The van der Waals surface area contributed by atoms with Crippen LogP contribution in [0.25, 0.3) is 22.6 Å². The van der Waals surface area contributed by atoms with E-state index in [-0.39, 0.29) is 0 Å². The molecule has 0 spiro atoms.